The average molecular weight is 776 g/mol. The van der Waals surface area contributed by atoms with Crippen LogP contribution in [0.4, 0.5) is 10.6 Å². The molecule has 1 saturated carbocycles. The Morgan fingerprint density at radius 2 is 1.87 bits per heavy atom. The van der Waals surface area contributed by atoms with Crippen LogP contribution in [0.5, 0.6) is 5.88 Å². The van der Waals surface area contributed by atoms with E-state index < -0.39 is 53.2 Å². The zero-order chi connectivity index (χ0) is 39.9. The maximum Gasteiger partial charge on any atom is 0.408 e. The molecule has 2 fully saturated rings. The number of hydrogen-bond donors (Lipinski definition) is 3. The molecule has 3 aromatic rings. The molecular weight excluding hydrogens is 723 g/mol. The Bertz CT molecular complexity index is 1890. The fourth-order valence-corrected chi connectivity index (χ4v) is 7.47. The highest BCUT2D eigenvalue weighted by Crippen LogP contribution is 2.45. The standard InChI is InChI=1S/C40H53N7O7S/c1-9-11-12-13-14-16-29(44-38(51)54-39(5,6)7)36(49)47-23-26(21-30(47)34(48)46-40(37(50)52-8)22-25(40)10-2)53-35-32-27(19-20-55-32)43-33(45-35)28-17-15-18-31(42-28)41-24(3)4/h9-10,15,17-20,24-26,29-30H,1-2,11-14,16,21-23H2,3-8H3,(H,41,42)(H,44,51)(H,46,48)/t25-,26-,29+,30+,40-/m1/s1. The summed E-state index contributed by atoms with van der Waals surface area (Å²) in [6.07, 6.45) is 5.92. The fourth-order valence-electron chi connectivity index (χ4n) is 6.71. The topological polar surface area (TPSA) is 174 Å². The molecule has 14 nitrogen and oxygen atoms in total. The third-order valence-electron chi connectivity index (χ3n) is 9.40. The van der Waals surface area contributed by atoms with Crippen LogP contribution in [0.15, 0.2) is 55.0 Å². The summed E-state index contributed by atoms with van der Waals surface area (Å²) in [7, 11) is 1.26. The first-order chi connectivity index (χ1) is 26.2. The van der Waals surface area contributed by atoms with Crippen molar-refractivity contribution in [1.82, 2.24) is 30.5 Å². The molecule has 0 aromatic carbocycles. The predicted molar refractivity (Wildman–Crippen MR) is 212 cm³/mol. The lowest BCUT2D eigenvalue weighted by molar-refractivity contribution is -0.148. The van der Waals surface area contributed by atoms with E-state index in [-0.39, 0.29) is 24.9 Å². The third-order valence-corrected chi connectivity index (χ3v) is 10.3. The number of aromatic nitrogens is 3. The Morgan fingerprint density at radius 1 is 1.09 bits per heavy atom. The van der Waals surface area contributed by atoms with Crippen molar-refractivity contribution in [3.63, 3.8) is 0 Å². The number of methoxy groups -OCH3 is 1. The Morgan fingerprint density at radius 3 is 2.55 bits per heavy atom. The predicted octanol–water partition coefficient (Wildman–Crippen LogP) is 6.19. The number of hydrogen-bond acceptors (Lipinski definition) is 12. The van der Waals surface area contributed by atoms with Crippen LogP contribution in [0.3, 0.4) is 0 Å². The quantitative estimate of drug-likeness (QED) is 0.0811. The number of fused-ring (bicyclic) bond motifs is 1. The largest absolute Gasteiger partial charge is 0.471 e. The first-order valence-electron chi connectivity index (χ1n) is 18.8. The van der Waals surface area contributed by atoms with Crippen molar-refractivity contribution in [2.75, 3.05) is 19.0 Å². The monoisotopic (exact) mass is 775 g/mol. The van der Waals surface area contributed by atoms with Crippen molar-refractivity contribution in [1.29, 1.82) is 0 Å². The minimum absolute atomic E-state index is 0.00818. The van der Waals surface area contributed by atoms with Crippen molar-refractivity contribution in [3.8, 4) is 17.4 Å². The van der Waals surface area contributed by atoms with Gasteiger partial charge in [-0.1, -0.05) is 31.1 Å². The number of nitrogens with zero attached hydrogens (tertiary/aromatic N) is 4. The Balaban J connectivity index is 1.46. The van der Waals surface area contributed by atoms with Crippen LogP contribution in [0, 0.1) is 5.92 Å². The lowest BCUT2D eigenvalue weighted by Gasteiger charge is -2.30. The molecule has 55 heavy (non-hydrogen) atoms. The minimum atomic E-state index is -1.28. The molecule has 1 aliphatic heterocycles. The van der Waals surface area contributed by atoms with Crippen molar-refractivity contribution in [2.24, 2.45) is 5.92 Å². The van der Waals surface area contributed by atoms with Crippen LogP contribution in [0.2, 0.25) is 0 Å². The molecule has 0 spiro atoms. The molecule has 3 aromatic heterocycles. The summed E-state index contributed by atoms with van der Waals surface area (Å²) in [5, 5.41) is 10.8. The number of ether oxygens (including phenoxy) is 3. The van der Waals surface area contributed by atoms with Gasteiger partial charge in [-0.2, -0.15) is 4.98 Å². The molecule has 0 bridgehead atoms. The van der Waals surface area contributed by atoms with Crippen LogP contribution in [0.25, 0.3) is 21.7 Å². The Hall–Kier alpha value is -5.05. The Labute approximate surface area is 326 Å². The van der Waals surface area contributed by atoms with Crippen molar-refractivity contribution >= 4 is 51.2 Å². The first kappa shape index (κ1) is 41.1. The van der Waals surface area contributed by atoms with Gasteiger partial charge in [-0.3, -0.25) is 9.59 Å². The number of alkyl carbamates (subject to hydrolysis) is 1. The van der Waals surface area contributed by atoms with Crippen molar-refractivity contribution < 1.29 is 33.4 Å². The van der Waals surface area contributed by atoms with Gasteiger partial charge >= 0.3 is 12.1 Å². The van der Waals surface area contributed by atoms with E-state index in [0.717, 1.165) is 19.3 Å². The maximum atomic E-state index is 14.5. The number of anilines is 1. The summed E-state index contributed by atoms with van der Waals surface area (Å²) in [5.74, 6) is -0.593. The van der Waals surface area contributed by atoms with Gasteiger partial charge in [0.1, 0.15) is 45.5 Å². The van der Waals surface area contributed by atoms with E-state index >= 15 is 0 Å². The molecule has 4 heterocycles. The summed E-state index contributed by atoms with van der Waals surface area (Å²) in [6, 6.07) is 5.56. The van der Waals surface area contributed by atoms with E-state index in [9.17, 15) is 19.2 Å². The number of nitrogens with one attached hydrogen (secondary N) is 3. The number of likely N-dealkylation sites (tertiary alicyclic amines) is 1. The molecule has 0 unspecified atom stereocenters. The molecule has 296 valence electrons. The summed E-state index contributed by atoms with van der Waals surface area (Å²) in [5.41, 5.74) is -0.869. The highest BCUT2D eigenvalue weighted by atomic mass is 32.1. The zero-order valence-electron chi connectivity index (χ0n) is 32.6. The van der Waals surface area contributed by atoms with Crippen LogP contribution >= 0.6 is 11.3 Å². The number of amides is 3. The van der Waals surface area contributed by atoms with E-state index in [1.807, 2.05) is 49.6 Å². The smallest absolute Gasteiger partial charge is 0.408 e. The summed E-state index contributed by atoms with van der Waals surface area (Å²) in [4.78, 5) is 70.4. The molecule has 15 heteroatoms. The van der Waals surface area contributed by atoms with E-state index in [1.165, 1.54) is 23.3 Å². The zero-order valence-corrected chi connectivity index (χ0v) is 33.4. The van der Waals surface area contributed by atoms with Gasteiger partial charge in [0.25, 0.3) is 0 Å². The van der Waals surface area contributed by atoms with Gasteiger partial charge in [-0.25, -0.2) is 19.6 Å². The van der Waals surface area contributed by atoms with Gasteiger partial charge in [0.15, 0.2) is 5.82 Å². The molecule has 1 saturated heterocycles. The lowest BCUT2D eigenvalue weighted by Crippen LogP contribution is -2.56. The van der Waals surface area contributed by atoms with Gasteiger partial charge in [0, 0.05) is 18.4 Å². The van der Waals surface area contributed by atoms with Gasteiger partial charge < -0.3 is 35.1 Å². The number of thiophene rings is 1. The number of esters is 1. The molecule has 3 N–H and O–H groups in total. The highest BCUT2D eigenvalue weighted by molar-refractivity contribution is 7.17. The SMILES string of the molecule is C=CCCCCC[C@H](NC(=O)OC(C)(C)C)C(=O)N1C[C@H](Oc2nc(-c3cccc(NC(C)C)n3)nc3ccsc23)C[C@H]1C(=O)N[C@]1(C(=O)OC)C[C@H]1C=C. The average Bonchev–Trinajstić information content (AvgIpc) is 3.41. The van der Waals surface area contributed by atoms with Crippen LogP contribution in [0.1, 0.15) is 79.6 Å². The Kier molecular flexibility index (Phi) is 13.2. The lowest BCUT2D eigenvalue weighted by atomic mass is 10.0. The third kappa shape index (κ3) is 10.2. The summed E-state index contributed by atoms with van der Waals surface area (Å²) < 4.78 is 17.9. The second-order valence-corrected chi connectivity index (χ2v) is 16.2. The molecule has 5 rings (SSSR count). The molecular formula is C40H53N7O7S. The summed E-state index contributed by atoms with van der Waals surface area (Å²) in [6.45, 7) is 16.9. The van der Waals surface area contributed by atoms with Crippen molar-refractivity contribution in [2.45, 2.75) is 115 Å². The number of rotatable bonds is 17. The maximum absolute atomic E-state index is 14.5. The van der Waals surface area contributed by atoms with E-state index in [1.54, 1.807) is 26.8 Å². The summed E-state index contributed by atoms with van der Waals surface area (Å²) >= 11 is 1.41. The van der Waals surface area contributed by atoms with Crippen molar-refractivity contribution in [3.05, 3.63) is 55.0 Å². The van der Waals surface area contributed by atoms with Gasteiger partial charge in [-0.15, -0.1) is 24.5 Å². The number of pyridine rings is 1. The molecule has 0 radical (unpaired) electrons. The van der Waals surface area contributed by atoms with E-state index in [2.05, 4.69) is 29.1 Å². The number of unbranched alkanes of at least 4 members (excludes halogenated alkanes) is 3. The number of carbonyl (C=O) groups excluding carboxylic acids is 4. The van der Waals surface area contributed by atoms with Crippen LogP contribution < -0.4 is 20.7 Å². The molecule has 3 amide bonds. The van der Waals surface area contributed by atoms with Gasteiger partial charge in [0.2, 0.25) is 17.7 Å². The second-order valence-electron chi connectivity index (χ2n) is 15.3. The second kappa shape index (κ2) is 17.6. The molecule has 2 aliphatic rings. The number of carbonyl (C=O) groups is 4. The first-order valence-corrected chi connectivity index (χ1v) is 19.7. The highest BCUT2D eigenvalue weighted by Gasteiger charge is 2.62. The van der Waals surface area contributed by atoms with E-state index in [0.29, 0.717) is 52.7 Å². The van der Waals surface area contributed by atoms with Gasteiger partial charge in [0.05, 0.1) is 19.2 Å². The normalized spacial score (nSPS) is 21.1. The van der Waals surface area contributed by atoms with Crippen LogP contribution in [-0.2, 0) is 23.9 Å². The van der Waals surface area contributed by atoms with E-state index in [4.69, 9.17) is 29.2 Å². The fraction of sp³-hybridized carbons (Fsp3) is 0.525. The molecule has 5 atom stereocenters. The molecule has 1 aliphatic carbocycles. The number of allylic oxidation sites excluding steroid dienone is 1. The minimum Gasteiger partial charge on any atom is -0.471 e. The van der Waals surface area contributed by atoms with Gasteiger partial charge in [-0.05, 0) is 83.9 Å². The van der Waals surface area contributed by atoms with Crippen LogP contribution in [-0.4, -0.2) is 92.8 Å².